The number of halogens is 1. The van der Waals surface area contributed by atoms with E-state index in [1.54, 1.807) is 61.7 Å². The van der Waals surface area contributed by atoms with E-state index in [9.17, 15) is 9.59 Å². The third-order valence-corrected chi connectivity index (χ3v) is 5.17. The predicted molar refractivity (Wildman–Crippen MR) is 124 cm³/mol. The minimum absolute atomic E-state index is 0.0666. The van der Waals surface area contributed by atoms with Gasteiger partial charge in [-0.3, -0.25) is 9.59 Å². The van der Waals surface area contributed by atoms with E-state index < -0.39 is 0 Å². The van der Waals surface area contributed by atoms with E-state index in [-0.39, 0.29) is 23.7 Å². The van der Waals surface area contributed by atoms with Gasteiger partial charge in [-0.15, -0.1) is 0 Å². The number of hydrogen-bond donors (Lipinski definition) is 1. The molecular weight excluding hydrogens is 478 g/mol. The molecule has 162 valence electrons. The summed E-state index contributed by atoms with van der Waals surface area (Å²) in [6.07, 6.45) is 1.25. The zero-order chi connectivity index (χ0) is 22.5. The molecule has 0 bridgehead atoms. The van der Waals surface area contributed by atoms with Crippen LogP contribution in [0.5, 0.6) is 23.0 Å². The largest absolute Gasteiger partial charge is 0.497 e. The maximum absolute atomic E-state index is 12.8. The van der Waals surface area contributed by atoms with Crippen LogP contribution in [0.4, 0.5) is 5.69 Å². The second kappa shape index (κ2) is 9.57. The van der Waals surface area contributed by atoms with Crippen molar-refractivity contribution in [3.05, 3.63) is 87.7 Å². The van der Waals surface area contributed by atoms with Gasteiger partial charge < -0.3 is 23.9 Å². The number of carbonyl (C=O) groups is 1. The number of carbonyl (C=O) groups excluding carboxylic acids is 1. The Morgan fingerprint density at radius 1 is 1.00 bits per heavy atom. The lowest BCUT2D eigenvalue weighted by atomic mass is 10.2. The van der Waals surface area contributed by atoms with Crippen LogP contribution < -0.4 is 25.0 Å². The number of fused-ring (bicyclic) bond motifs is 1. The van der Waals surface area contributed by atoms with Crippen molar-refractivity contribution in [2.45, 2.75) is 0 Å². The lowest BCUT2D eigenvalue weighted by Gasteiger charge is -2.09. The lowest BCUT2D eigenvalue weighted by molar-refractivity contribution is -0.118. The molecule has 1 amide bonds. The van der Waals surface area contributed by atoms with Crippen LogP contribution in [0.15, 0.2) is 86.7 Å². The smallest absolute Gasteiger partial charge is 0.262 e. The topological polar surface area (TPSA) is 87.0 Å². The highest BCUT2D eigenvalue weighted by Crippen LogP contribution is 2.29. The average Bonchev–Trinajstić information content (AvgIpc) is 2.81. The van der Waals surface area contributed by atoms with Crippen LogP contribution in [0.1, 0.15) is 0 Å². The van der Waals surface area contributed by atoms with Gasteiger partial charge in [0.1, 0.15) is 29.1 Å². The molecule has 0 aliphatic rings. The van der Waals surface area contributed by atoms with Gasteiger partial charge in [-0.1, -0.05) is 12.1 Å². The fourth-order valence-corrected chi connectivity index (χ4v) is 3.28. The maximum atomic E-state index is 12.8. The van der Waals surface area contributed by atoms with Gasteiger partial charge in [0, 0.05) is 11.8 Å². The fraction of sp³-hybridized carbons (Fsp3) is 0.0833. The Balaban J connectivity index is 1.43. The summed E-state index contributed by atoms with van der Waals surface area (Å²) in [5.74, 6) is 1.33. The Labute approximate surface area is 191 Å². The van der Waals surface area contributed by atoms with E-state index in [1.165, 1.54) is 6.26 Å². The molecule has 0 atom stereocenters. The van der Waals surface area contributed by atoms with Crippen molar-refractivity contribution in [1.29, 1.82) is 0 Å². The lowest BCUT2D eigenvalue weighted by Crippen LogP contribution is -2.20. The minimum atomic E-state index is -0.325. The highest BCUT2D eigenvalue weighted by atomic mass is 79.9. The van der Waals surface area contributed by atoms with Crippen molar-refractivity contribution >= 4 is 38.5 Å². The molecule has 4 aromatic rings. The fourth-order valence-electron chi connectivity index (χ4n) is 2.92. The molecule has 0 spiro atoms. The molecule has 0 aliphatic carbocycles. The van der Waals surface area contributed by atoms with Crippen LogP contribution >= 0.6 is 15.9 Å². The highest BCUT2D eigenvalue weighted by Gasteiger charge is 2.12. The molecule has 0 fully saturated rings. The number of amides is 1. The number of hydrogen-bond acceptors (Lipinski definition) is 6. The van der Waals surface area contributed by atoms with Crippen LogP contribution in [-0.4, -0.2) is 19.6 Å². The summed E-state index contributed by atoms with van der Waals surface area (Å²) in [5, 5.41) is 3.07. The second-order valence-electron chi connectivity index (χ2n) is 6.68. The van der Waals surface area contributed by atoms with Crippen LogP contribution in [0, 0.1) is 0 Å². The van der Waals surface area contributed by atoms with E-state index in [4.69, 9.17) is 18.6 Å². The Hall–Kier alpha value is -3.78. The number of ether oxygens (including phenoxy) is 3. The Kier molecular flexibility index (Phi) is 6.42. The van der Waals surface area contributed by atoms with Gasteiger partial charge in [-0.25, -0.2) is 0 Å². The molecule has 32 heavy (non-hydrogen) atoms. The molecule has 1 heterocycles. The standard InChI is InChI=1S/C24H18BrNO6/c1-29-16-8-6-15(7-9-16)26-23(27)14-30-17-10-11-18-21(12-17)31-13-22(24(18)28)32-20-5-3-2-4-19(20)25/h2-13H,14H2,1H3,(H,26,27). The third-order valence-electron chi connectivity index (χ3n) is 4.51. The van der Waals surface area contributed by atoms with Gasteiger partial charge in [0.15, 0.2) is 6.61 Å². The molecule has 7 nitrogen and oxygen atoms in total. The van der Waals surface area contributed by atoms with Crippen molar-refractivity contribution in [3.63, 3.8) is 0 Å². The first-order valence-electron chi connectivity index (χ1n) is 9.58. The molecule has 1 N–H and O–H groups in total. The summed E-state index contributed by atoms with van der Waals surface area (Å²) in [6, 6.07) is 18.9. The predicted octanol–water partition coefficient (Wildman–Crippen LogP) is 5.37. The number of para-hydroxylation sites is 1. The van der Waals surface area contributed by atoms with E-state index >= 15 is 0 Å². The monoisotopic (exact) mass is 495 g/mol. The molecule has 4 rings (SSSR count). The first kappa shape index (κ1) is 21.5. The maximum Gasteiger partial charge on any atom is 0.262 e. The Morgan fingerprint density at radius 3 is 2.50 bits per heavy atom. The first-order chi connectivity index (χ1) is 15.5. The van der Waals surface area contributed by atoms with Crippen molar-refractivity contribution in [1.82, 2.24) is 0 Å². The van der Waals surface area contributed by atoms with Crippen LogP contribution in [-0.2, 0) is 4.79 Å². The highest BCUT2D eigenvalue weighted by molar-refractivity contribution is 9.10. The van der Waals surface area contributed by atoms with Crippen molar-refractivity contribution in [2.75, 3.05) is 19.0 Å². The molecular formula is C24H18BrNO6. The van der Waals surface area contributed by atoms with E-state index in [2.05, 4.69) is 21.2 Å². The number of nitrogens with one attached hydrogen (secondary N) is 1. The Morgan fingerprint density at radius 2 is 1.75 bits per heavy atom. The van der Waals surface area contributed by atoms with Gasteiger partial charge in [0.05, 0.1) is 17.0 Å². The number of benzene rings is 3. The van der Waals surface area contributed by atoms with Crippen molar-refractivity contribution in [3.8, 4) is 23.0 Å². The summed E-state index contributed by atoms with van der Waals surface area (Å²) < 4.78 is 22.6. The SMILES string of the molecule is COc1ccc(NC(=O)COc2ccc3c(=O)c(Oc4ccccc4Br)coc3c2)cc1. The zero-order valence-corrected chi connectivity index (χ0v) is 18.5. The number of methoxy groups -OCH3 is 1. The van der Waals surface area contributed by atoms with Crippen LogP contribution in [0.25, 0.3) is 11.0 Å². The minimum Gasteiger partial charge on any atom is -0.497 e. The van der Waals surface area contributed by atoms with E-state index in [0.717, 1.165) is 4.47 Å². The van der Waals surface area contributed by atoms with Gasteiger partial charge >= 0.3 is 0 Å². The first-order valence-corrected chi connectivity index (χ1v) is 10.4. The number of rotatable bonds is 7. The van der Waals surface area contributed by atoms with E-state index in [0.29, 0.717) is 33.9 Å². The molecule has 0 saturated heterocycles. The molecule has 0 aliphatic heterocycles. The van der Waals surface area contributed by atoms with Crippen LogP contribution in [0.2, 0.25) is 0 Å². The van der Waals surface area contributed by atoms with Crippen molar-refractivity contribution < 1.29 is 23.4 Å². The summed E-state index contributed by atoms with van der Waals surface area (Å²) >= 11 is 3.38. The summed E-state index contributed by atoms with van der Waals surface area (Å²) in [7, 11) is 1.57. The summed E-state index contributed by atoms with van der Waals surface area (Å²) in [6.45, 7) is -0.203. The quantitative estimate of drug-likeness (QED) is 0.370. The normalized spacial score (nSPS) is 10.6. The van der Waals surface area contributed by atoms with E-state index in [1.807, 2.05) is 12.1 Å². The van der Waals surface area contributed by atoms with Gasteiger partial charge in [0.25, 0.3) is 5.91 Å². The summed E-state index contributed by atoms with van der Waals surface area (Å²) in [5.41, 5.74) is 0.634. The zero-order valence-electron chi connectivity index (χ0n) is 17.0. The molecule has 8 heteroatoms. The molecule has 0 saturated carbocycles. The van der Waals surface area contributed by atoms with Gasteiger partial charge in [-0.2, -0.15) is 0 Å². The molecule has 0 unspecified atom stereocenters. The van der Waals surface area contributed by atoms with Gasteiger partial charge in [0.2, 0.25) is 11.2 Å². The molecule has 3 aromatic carbocycles. The summed E-state index contributed by atoms with van der Waals surface area (Å²) in [4.78, 5) is 24.9. The number of anilines is 1. The van der Waals surface area contributed by atoms with Crippen molar-refractivity contribution in [2.24, 2.45) is 0 Å². The van der Waals surface area contributed by atoms with Crippen LogP contribution in [0.3, 0.4) is 0 Å². The van der Waals surface area contributed by atoms with Gasteiger partial charge in [-0.05, 0) is 64.5 Å². The second-order valence-corrected chi connectivity index (χ2v) is 7.54. The molecule has 1 aromatic heterocycles. The third kappa shape index (κ3) is 4.92. The average molecular weight is 496 g/mol. The molecule has 0 radical (unpaired) electrons. The Bertz CT molecular complexity index is 1320.